The molecule has 0 radical (unpaired) electrons. The summed E-state index contributed by atoms with van der Waals surface area (Å²) in [5.74, 6) is -0.804. The molecule has 0 aliphatic carbocycles. The average Bonchev–Trinajstić information content (AvgIpc) is 2.97. The van der Waals surface area contributed by atoms with Crippen molar-refractivity contribution in [3.05, 3.63) is 63.3 Å². The van der Waals surface area contributed by atoms with Crippen LogP contribution in [0.15, 0.2) is 42.5 Å². The molecule has 0 spiro atoms. The Kier molecular flexibility index (Phi) is 4.46. The second-order valence-corrected chi connectivity index (χ2v) is 6.34. The molecule has 0 saturated carbocycles. The van der Waals surface area contributed by atoms with E-state index in [9.17, 15) is 14.9 Å². The molecule has 1 heterocycles. The van der Waals surface area contributed by atoms with Crippen LogP contribution in [-0.2, 0) is 4.79 Å². The van der Waals surface area contributed by atoms with Gasteiger partial charge in [0, 0.05) is 22.5 Å². The van der Waals surface area contributed by atoms with Gasteiger partial charge in [-0.25, -0.2) is 0 Å². The number of halogens is 1. The minimum atomic E-state index is -0.574. The number of hydrogen-bond donors (Lipinski definition) is 0. The number of benzene rings is 2. The van der Waals surface area contributed by atoms with E-state index >= 15 is 0 Å². The summed E-state index contributed by atoms with van der Waals surface area (Å²) >= 11 is 7.22. The second kappa shape index (κ2) is 6.54. The Labute approximate surface area is 145 Å². The van der Waals surface area contributed by atoms with Crippen LogP contribution in [0.1, 0.15) is 18.5 Å². The van der Waals surface area contributed by atoms with Gasteiger partial charge in [-0.1, -0.05) is 17.7 Å². The van der Waals surface area contributed by atoms with Crippen molar-refractivity contribution in [1.29, 1.82) is 0 Å². The van der Waals surface area contributed by atoms with Gasteiger partial charge in [0.25, 0.3) is 5.69 Å². The average molecular weight is 363 g/mol. The van der Waals surface area contributed by atoms with Gasteiger partial charge in [0.15, 0.2) is 0 Å². The molecule has 0 aliphatic heterocycles. The molecule has 2 aromatic carbocycles. The molecule has 122 valence electrons. The highest BCUT2D eigenvalue weighted by atomic mass is 35.5. The quantitative estimate of drug-likeness (QED) is 0.294. The fourth-order valence-electron chi connectivity index (χ4n) is 2.20. The fourth-order valence-corrected chi connectivity index (χ4v) is 3.34. The summed E-state index contributed by atoms with van der Waals surface area (Å²) in [5.41, 5.74) is 0.559. The first kappa shape index (κ1) is 16.4. The smallest absolute Gasteiger partial charge is 0.320 e. The Morgan fingerprint density at radius 1 is 1.29 bits per heavy atom. The van der Waals surface area contributed by atoms with Crippen molar-refractivity contribution in [1.82, 2.24) is 4.37 Å². The van der Waals surface area contributed by atoms with E-state index in [1.807, 2.05) is 6.07 Å². The molecular weight excluding hydrogens is 352 g/mol. The van der Waals surface area contributed by atoms with Gasteiger partial charge >= 0.3 is 5.97 Å². The normalized spacial score (nSPS) is 12.1. The maximum atomic E-state index is 12.3. The standard InChI is InChI=1S/C16H11ClN2O4S/c1-9(15-13-7-2-10(17)8-14(13)24-18-15)16(20)23-12-5-3-11(4-6-12)19(21)22/h2-9H,1H3. The van der Waals surface area contributed by atoms with E-state index < -0.39 is 16.8 Å². The van der Waals surface area contributed by atoms with Gasteiger partial charge in [0.2, 0.25) is 0 Å². The molecule has 1 aromatic heterocycles. The van der Waals surface area contributed by atoms with Crippen LogP contribution in [0.5, 0.6) is 5.75 Å². The van der Waals surface area contributed by atoms with Gasteiger partial charge in [-0.2, -0.15) is 4.37 Å². The highest BCUT2D eigenvalue weighted by molar-refractivity contribution is 7.13. The van der Waals surface area contributed by atoms with E-state index in [0.717, 1.165) is 10.1 Å². The number of non-ortho nitro benzene ring substituents is 1. The summed E-state index contributed by atoms with van der Waals surface area (Å²) in [6, 6.07) is 10.7. The van der Waals surface area contributed by atoms with Crippen LogP contribution < -0.4 is 4.74 Å². The minimum absolute atomic E-state index is 0.0646. The van der Waals surface area contributed by atoms with Crippen LogP contribution in [0, 0.1) is 10.1 Å². The summed E-state index contributed by atoms with van der Waals surface area (Å²) in [7, 11) is 0. The van der Waals surface area contributed by atoms with E-state index in [1.165, 1.54) is 35.8 Å². The Morgan fingerprint density at radius 2 is 2.00 bits per heavy atom. The number of ether oxygens (including phenoxy) is 1. The van der Waals surface area contributed by atoms with Gasteiger partial charge < -0.3 is 4.74 Å². The molecule has 8 heteroatoms. The van der Waals surface area contributed by atoms with Gasteiger partial charge in [-0.05, 0) is 42.7 Å². The molecule has 6 nitrogen and oxygen atoms in total. The Bertz CT molecular complexity index is 923. The summed E-state index contributed by atoms with van der Waals surface area (Å²) in [5, 5.41) is 12.1. The lowest BCUT2D eigenvalue weighted by molar-refractivity contribution is -0.384. The number of nitro groups is 1. The van der Waals surface area contributed by atoms with Crippen LogP contribution in [0.3, 0.4) is 0 Å². The highest BCUT2D eigenvalue weighted by Gasteiger charge is 2.23. The number of rotatable bonds is 4. The SMILES string of the molecule is CC(C(=O)Oc1ccc([N+](=O)[O-])cc1)c1nsc2cc(Cl)ccc12. The first-order chi connectivity index (χ1) is 11.5. The number of nitro benzene ring substituents is 1. The fraction of sp³-hybridized carbons (Fsp3) is 0.125. The third-order valence-corrected chi connectivity index (χ3v) is 4.55. The first-order valence-electron chi connectivity index (χ1n) is 6.96. The largest absolute Gasteiger partial charge is 0.426 e. The van der Waals surface area contributed by atoms with Crippen molar-refractivity contribution in [3.63, 3.8) is 0 Å². The third kappa shape index (κ3) is 3.22. The number of esters is 1. The van der Waals surface area contributed by atoms with Gasteiger partial charge in [0.05, 0.1) is 21.2 Å². The lowest BCUT2D eigenvalue weighted by Crippen LogP contribution is -2.16. The Hall–Kier alpha value is -2.51. The number of carbonyl (C=O) groups is 1. The van der Waals surface area contributed by atoms with Crippen LogP contribution in [0.25, 0.3) is 10.1 Å². The molecule has 0 N–H and O–H groups in total. The van der Waals surface area contributed by atoms with Crippen molar-refractivity contribution in [3.8, 4) is 5.75 Å². The van der Waals surface area contributed by atoms with Crippen LogP contribution in [-0.4, -0.2) is 15.3 Å². The third-order valence-electron chi connectivity index (χ3n) is 3.49. The van der Waals surface area contributed by atoms with Gasteiger partial charge in [0.1, 0.15) is 5.75 Å². The molecule has 0 saturated heterocycles. The molecule has 3 rings (SSSR count). The lowest BCUT2D eigenvalue weighted by atomic mass is 10.0. The molecule has 1 unspecified atom stereocenters. The Balaban J connectivity index is 1.79. The van der Waals surface area contributed by atoms with E-state index in [0.29, 0.717) is 10.7 Å². The zero-order chi connectivity index (χ0) is 17.3. The van der Waals surface area contributed by atoms with Crippen molar-refractivity contribution >= 4 is 44.9 Å². The van der Waals surface area contributed by atoms with Crippen LogP contribution >= 0.6 is 23.1 Å². The summed E-state index contributed by atoms with van der Waals surface area (Å²) in [6.45, 7) is 1.71. The van der Waals surface area contributed by atoms with E-state index in [1.54, 1.807) is 19.1 Å². The number of aromatic nitrogens is 1. The van der Waals surface area contributed by atoms with Crippen molar-refractivity contribution < 1.29 is 14.5 Å². The molecule has 1 atom stereocenters. The second-order valence-electron chi connectivity index (χ2n) is 5.10. The topological polar surface area (TPSA) is 82.3 Å². The number of hydrogen-bond acceptors (Lipinski definition) is 6. The van der Waals surface area contributed by atoms with Crippen molar-refractivity contribution in [2.45, 2.75) is 12.8 Å². The van der Waals surface area contributed by atoms with E-state index in [2.05, 4.69) is 4.37 Å². The zero-order valence-corrected chi connectivity index (χ0v) is 14.0. The first-order valence-corrected chi connectivity index (χ1v) is 8.12. The summed E-state index contributed by atoms with van der Waals surface area (Å²) < 4.78 is 10.5. The number of carbonyl (C=O) groups excluding carboxylic acids is 1. The zero-order valence-electron chi connectivity index (χ0n) is 12.4. The van der Waals surface area contributed by atoms with E-state index in [-0.39, 0.29) is 11.4 Å². The Morgan fingerprint density at radius 3 is 2.67 bits per heavy atom. The highest BCUT2D eigenvalue weighted by Crippen LogP contribution is 2.31. The summed E-state index contributed by atoms with van der Waals surface area (Å²) in [4.78, 5) is 22.4. The number of fused-ring (bicyclic) bond motifs is 1. The maximum Gasteiger partial charge on any atom is 0.320 e. The predicted molar refractivity (Wildman–Crippen MR) is 91.8 cm³/mol. The van der Waals surface area contributed by atoms with Gasteiger partial charge in [-0.3, -0.25) is 14.9 Å². The molecule has 0 amide bonds. The minimum Gasteiger partial charge on any atom is -0.426 e. The molecule has 0 bridgehead atoms. The predicted octanol–water partition coefficient (Wildman–Crippen LogP) is 4.57. The molecule has 0 aliphatic rings. The van der Waals surface area contributed by atoms with Crippen LogP contribution in [0.2, 0.25) is 5.02 Å². The molecule has 3 aromatic rings. The van der Waals surface area contributed by atoms with Crippen molar-refractivity contribution in [2.24, 2.45) is 0 Å². The van der Waals surface area contributed by atoms with E-state index in [4.69, 9.17) is 16.3 Å². The molecule has 0 fully saturated rings. The van der Waals surface area contributed by atoms with Gasteiger partial charge in [-0.15, -0.1) is 0 Å². The maximum absolute atomic E-state index is 12.3. The summed E-state index contributed by atoms with van der Waals surface area (Å²) in [6.07, 6.45) is 0. The van der Waals surface area contributed by atoms with Crippen LogP contribution in [0.4, 0.5) is 5.69 Å². The number of nitrogens with zero attached hydrogens (tertiary/aromatic N) is 2. The van der Waals surface area contributed by atoms with Crippen molar-refractivity contribution in [2.75, 3.05) is 0 Å². The molecule has 24 heavy (non-hydrogen) atoms. The molecular formula is C16H11ClN2O4S. The monoisotopic (exact) mass is 362 g/mol. The lowest BCUT2D eigenvalue weighted by Gasteiger charge is -2.09.